The second-order valence-electron chi connectivity index (χ2n) is 5.94. The lowest BCUT2D eigenvalue weighted by Crippen LogP contribution is -2.45. The SMILES string of the molecule is CC(C)C(N)C1CCCN(Cc2ccccc2)C1. The van der Waals surface area contributed by atoms with Crippen LogP contribution in [0.3, 0.4) is 0 Å². The maximum absolute atomic E-state index is 6.32. The van der Waals surface area contributed by atoms with E-state index in [0.29, 0.717) is 17.9 Å². The molecule has 18 heavy (non-hydrogen) atoms. The summed E-state index contributed by atoms with van der Waals surface area (Å²) in [6, 6.07) is 11.1. The molecule has 1 aromatic rings. The van der Waals surface area contributed by atoms with Gasteiger partial charge in [-0.3, -0.25) is 4.90 Å². The molecule has 0 amide bonds. The molecule has 2 atom stereocenters. The van der Waals surface area contributed by atoms with Crippen LogP contribution in [0.5, 0.6) is 0 Å². The maximum Gasteiger partial charge on any atom is 0.0233 e. The Morgan fingerprint density at radius 3 is 2.67 bits per heavy atom. The van der Waals surface area contributed by atoms with Crippen molar-refractivity contribution in [2.24, 2.45) is 17.6 Å². The molecule has 100 valence electrons. The summed E-state index contributed by atoms with van der Waals surface area (Å²) in [6.07, 6.45) is 2.59. The predicted molar refractivity (Wildman–Crippen MR) is 77.3 cm³/mol. The van der Waals surface area contributed by atoms with Crippen molar-refractivity contribution in [1.82, 2.24) is 4.90 Å². The molecule has 2 nitrogen and oxygen atoms in total. The fourth-order valence-corrected chi connectivity index (χ4v) is 2.94. The van der Waals surface area contributed by atoms with Crippen LogP contribution in [0.1, 0.15) is 32.3 Å². The molecule has 0 aliphatic carbocycles. The summed E-state index contributed by atoms with van der Waals surface area (Å²) >= 11 is 0. The normalized spacial score (nSPS) is 23.2. The first-order chi connectivity index (χ1) is 8.66. The summed E-state index contributed by atoms with van der Waals surface area (Å²) < 4.78 is 0. The van der Waals surface area contributed by atoms with Gasteiger partial charge in [0.05, 0.1) is 0 Å². The minimum absolute atomic E-state index is 0.351. The first-order valence-electron chi connectivity index (χ1n) is 7.18. The molecule has 2 rings (SSSR count). The second kappa shape index (κ2) is 6.35. The van der Waals surface area contributed by atoms with Crippen LogP contribution in [0.15, 0.2) is 30.3 Å². The molecule has 0 radical (unpaired) electrons. The molecule has 2 unspecified atom stereocenters. The number of nitrogens with two attached hydrogens (primary N) is 1. The van der Waals surface area contributed by atoms with Gasteiger partial charge in [-0.25, -0.2) is 0 Å². The highest BCUT2D eigenvalue weighted by Crippen LogP contribution is 2.23. The van der Waals surface area contributed by atoms with E-state index in [-0.39, 0.29) is 0 Å². The third-order valence-corrected chi connectivity index (χ3v) is 4.11. The average Bonchev–Trinajstić information content (AvgIpc) is 2.39. The van der Waals surface area contributed by atoms with Gasteiger partial charge < -0.3 is 5.73 Å². The molecule has 2 heteroatoms. The van der Waals surface area contributed by atoms with Gasteiger partial charge in [-0.1, -0.05) is 44.2 Å². The fourth-order valence-electron chi connectivity index (χ4n) is 2.94. The summed E-state index contributed by atoms with van der Waals surface area (Å²) in [7, 11) is 0. The number of piperidine rings is 1. The highest BCUT2D eigenvalue weighted by atomic mass is 15.1. The average molecular weight is 246 g/mol. The third kappa shape index (κ3) is 3.56. The van der Waals surface area contributed by atoms with E-state index >= 15 is 0 Å². The van der Waals surface area contributed by atoms with Crippen molar-refractivity contribution in [3.05, 3.63) is 35.9 Å². The van der Waals surface area contributed by atoms with Crippen molar-refractivity contribution in [1.29, 1.82) is 0 Å². The molecule has 1 aromatic carbocycles. The fraction of sp³-hybridized carbons (Fsp3) is 0.625. The molecule has 0 spiro atoms. The van der Waals surface area contributed by atoms with Gasteiger partial charge in [0.2, 0.25) is 0 Å². The van der Waals surface area contributed by atoms with Crippen LogP contribution in [-0.2, 0) is 6.54 Å². The van der Waals surface area contributed by atoms with Crippen molar-refractivity contribution in [2.75, 3.05) is 13.1 Å². The Hall–Kier alpha value is -0.860. The number of hydrogen-bond donors (Lipinski definition) is 1. The van der Waals surface area contributed by atoms with Crippen LogP contribution in [0, 0.1) is 11.8 Å². The largest absolute Gasteiger partial charge is 0.327 e. The van der Waals surface area contributed by atoms with Crippen LogP contribution in [0.2, 0.25) is 0 Å². The number of hydrogen-bond acceptors (Lipinski definition) is 2. The van der Waals surface area contributed by atoms with Crippen LogP contribution < -0.4 is 5.73 Å². The zero-order valence-electron chi connectivity index (χ0n) is 11.7. The smallest absolute Gasteiger partial charge is 0.0233 e. The molecule has 1 saturated heterocycles. The summed E-state index contributed by atoms with van der Waals surface area (Å²) in [4.78, 5) is 2.56. The van der Waals surface area contributed by atoms with E-state index in [2.05, 4.69) is 49.1 Å². The Kier molecular flexibility index (Phi) is 4.79. The Bertz CT molecular complexity index is 347. The van der Waals surface area contributed by atoms with Crippen LogP contribution >= 0.6 is 0 Å². The minimum atomic E-state index is 0.351. The van der Waals surface area contributed by atoms with Crippen LogP contribution in [0.4, 0.5) is 0 Å². The lowest BCUT2D eigenvalue weighted by molar-refractivity contribution is 0.138. The lowest BCUT2D eigenvalue weighted by Gasteiger charge is -2.37. The Labute approximate surface area is 111 Å². The Balaban J connectivity index is 1.91. The molecule has 1 fully saturated rings. The van der Waals surface area contributed by atoms with Gasteiger partial charge in [0, 0.05) is 19.1 Å². The van der Waals surface area contributed by atoms with Gasteiger partial charge in [0.1, 0.15) is 0 Å². The van der Waals surface area contributed by atoms with Crippen molar-refractivity contribution >= 4 is 0 Å². The molecule has 2 N–H and O–H groups in total. The molecule has 0 bridgehead atoms. The third-order valence-electron chi connectivity index (χ3n) is 4.11. The number of rotatable bonds is 4. The molecular formula is C16H26N2. The van der Waals surface area contributed by atoms with E-state index in [1.54, 1.807) is 0 Å². The second-order valence-corrected chi connectivity index (χ2v) is 5.94. The van der Waals surface area contributed by atoms with Gasteiger partial charge in [0.25, 0.3) is 0 Å². The van der Waals surface area contributed by atoms with E-state index in [9.17, 15) is 0 Å². The van der Waals surface area contributed by atoms with Gasteiger partial charge in [-0.2, -0.15) is 0 Å². The molecular weight excluding hydrogens is 220 g/mol. The number of benzene rings is 1. The zero-order chi connectivity index (χ0) is 13.0. The summed E-state index contributed by atoms with van der Waals surface area (Å²) in [6.45, 7) is 7.92. The summed E-state index contributed by atoms with van der Waals surface area (Å²) in [5.74, 6) is 1.26. The van der Waals surface area contributed by atoms with Crippen molar-refractivity contribution in [2.45, 2.75) is 39.3 Å². The molecule has 0 saturated carbocycles. The van der Waals surface area contributed by atoms with E-state index in [4.69, 9.17) is 5.73 Å². The van der Waals surface area contributed by atoms with Crippen molar-refractivity contribution < 1.29 is 0 Å². The van der Waals surface area contributed by atoms with Crippen LogP contribution in [0.25, 0.3) is 0 Å². The quantitative estimate of drug-likeness (QED) is 0.885. The van der Waals surface area contributed by atoms with Gasteiger partial charge >= 0.3 is 0 Å². The highest BCUT2D eigenvalue weighted by Gasteiger charge is 2.26. The topological polar surface area (TPSA) is 29.3 Å². The van der Waals surface area contributed by atoms with Crippen LogP contribution in [-0.4, -0.2) is 24.0 Å². The zero-order valence-corrected chi connectivity index (χ0v) is 11.7. The van der Waals surface area contributed by atoms with E-state index < -0.39 is 0 Å². The molecule has 1 heterocycles. The molecule has 1 aliphatic rings. The Morgan fingerprint density at radius 1 is 1.28 bits per heavy atom. The monoisotopic (exact) mass is 246 g/mol. The number of likely N-dealkylation sites (tertiary alicyclic amines) is 1. The number of nitrogens with zero attached hydrogens (tertiary/aromatic N) is 1. The highest BCUT2D eigenvalue weighted by molar-refractivity contribution is 5.14. The predicted octanol–water partition coefficient (Wildman–Crippen LogP) is 2.88. The van der Waals surface area contributed by atoms with E-state index in [1.807, 2.05) is 0 Å². The molecule has 1 aliphatic heterocycles. The first kappa shape index (κ1) is 13.6. The van der Waals surface area contributed by atoms with Gasteiger partial charge in [-0.05, 0) is 36.8 Å². The minimum Gasteiger partial charge on any atom is -0.327 e. The lowest BCUT2D eigenvalue weighted by atomic mass is 9.85. The standard InChI is InChI=1S/C16H26N2/c1-13(2)16(17)15-9-6-10-18(12-15)11-14-7-4-3-5-8-14/h3-5,7-8,13,15-16H,6,9-12,17H2,1-2H3. The van der Waals surface area contributed by atoms with Crippen molar-refractivity contribution in [3.63, 3.8) is 0 Å². The van der Waals surface area contributed by atoms with Gasteiger partial charge in [-0.15, -0.1) is 0 Å². The van der Waals surface area contributed by atoms with E-state index in [1.165, 1.54) is 24.9 Å². The molecule has 0 aromatic heterocycles. The summed E-state index contributed by atoms with van der Waals surface area (Å²) in [5.41, 5.74) is 7.73. The summed E-state index contributed by atoms with van der Waals surface area (Å²) in [5, 5.41) is 0. The van der Waals surface area contributed by atoms with Gasteiger partial charge in [0.15, 0.2) is 0 Å². The van der Waals surface area contributed by atoms with E-state index in [0.717, 1.165) is 13.1 Å². The first-order valence-corrected chi connectivity index (χ1v) is 7.18. The maximum atomic E-state index is 6.32. The Morgan fingerprint density at radius 2 is 2.00 bits per heavy atom. The van der Waals surface area contributed by atoms with Crippen molar-refractivity contribution in [3.8, 4) is 0 Å².